The van der Waals surface area contributed by atoms with Gasteiger partial charge in [-0.3, -0.25) is 4.68 Å². The first-order chi connectivity index (χ1) is 8.69. The SMILES string of the molecule is COCc1cccc(CNc2cn(C)nc2C)c1. The lowest BCUT2D eigenvalue weighted by Crippen LogP contribution is -2.00. The maximum atomic E-state index is 5.13. The summed E-state index contributed by atoms with van der Waals surface area (Å²) in [7, 11) is 3.64. The summed E-state index contributed by atoms with van der Waals surface area (Å²) in [5.74, 6) is 0. The van der Waals surface area contributed by atoms with Gasteiger partial charge in [0.2, 0.25) is 0 Å². The van der Waals surface area contributed by atoms with Gasteiger partial charge in [-0.05, 0) is 18.1 Å². The average molecular weight is 245 g/mol. The number of aryl methyl sites for hydroxylation is 2. The van der Waals surface area contributed by atoms with Crippen LogP contribution >= 0.6 is 0 Å². The topological polar surface area (TPSA) is 39.1 Å². The molecule has 1 aromatic carbocycles. The first-order valence-corrected chi connectivity index (χ1v) is 6.00. The minimum absolute atomic E-state index is 0.653. The largest absolute Gasteiger partial charge is 0.380 e. The number of aromatic nitrogens is 2. The molecule has 0 aliphatic rings. The summed E-state index contributed by atoms with van der Waals surface area (Å²) in [5, 5.41) is 7.70. The number of ether oxygens (including phenoxy) is 1. The lowest BCUT2D eigenvalue weighted by Gasteiger charge is -2.07. The molecule has 4 heteroatoms. The van der Waals surface area contributed by atoms with Crippen LogP contribution < -0.4 is 5.32 Å². The van der Waals surface area contributed by atoms with Gasteiger partial charge < -0.3 is 10.1 Å². The Morgan fingerprint density at radius 3 is 2.78 bits per heavy atom. The monoisotopic (exact) mass is 245 g/mol. The van der Waals surface area contributed by atoms with Crippen LogP contribution in [0.5, 0.6) is 0 Å². The predicted molar refractivity (Wildman–Crippen MR) is 72.4 cm³/mol. The molecular weight excluding hydrogens is 226 g/mol. The van der Waals surface area contributed by atoms with E-state index in [1.54, 1.807) is 7.11 Å². The fraction of sp³-hybridized carbons (Fsp3) is 0.357. The van der Waals surface area contributed by atoms with Crippen LogP contribution in [0.3, 0.4) is 0 Å². The number of anilines is 1. The van der Waals surface area contributed by atoms with Crippen molar-refractivity contribution in [2.24, 2.45) is 7.05 Å². The van der Waals surface area contributed by atoms with Gasteiger partial charge in [0, 0.05) is 26.9 Å². The summed E-state index contributed by atoms with van der Waals surface area (Å²) in [6.45, 7) is 3.45. The molecule has 0 unspecified atom stereocenters. The molecule has 0 spiro atoms. The number of hydrogen-bond donors (Lipinski definition) is 1. The van der Waals surface area contributed by atoms with Crippen molar-refractivity contribution < 1.29 is 4.74 Å². The van der Waals surface area contributed by atoms with Gasteiger partial charge >= 0.3 is 0 Å². The van der Waals surface area contributed by atoms with Crippen molar-refractivity contribution in [1.29, 1.82) is 0 Å². The number of nitrogens with one attached hydrogen (secondary N) is 1. The molecule has 0 saturated carbocycles. The first kappa shape index (κ1) is 12.6. The second kappa shape index (κ2) is 5.69. The predicted octanol–water partition coefficient (Wildman–Crippen LogP) is 2.49. The third-order valence-corrected chi connectivity index (χ3v) is 2.80. The quantitative estimate of drug-likeness (QED) is 0.879. The molecule has 0 fully saturated rings. The number of rotatable bonds is 5. The van der Waals surface area contributed by atoms with Gasteiger partial charge in [0.15, 0.2) is 0 Å². The second-order valence-corrected chi connectivity index (χ2v) is 4.41. The number of hydrogen-bond acceptors (Lipinski definition) is 3. The Morgan fingerprint density at radius 1 is 1.33 bits per heavy atom. The molecule has 4 nitrogen and oxygen atoms in total. The van der Waals surface area contributed by atoms with Crippen molar-refractivity contribution in [1.82, 2.24) is 9.78 Å². The van der Waals surface area contributed by atoms with E-state index in [-0.39, 0.29) is 0 Å². The highest BCUT2D eigenvalue weighted by Crippen LogP contribution is 2.14. The van der Waals surface area contributed by atoms with Crippen LogP contribution in [0.1, 0.15) is 16.8 Å². The minimum atomic E-state index is 0.653. The molecule has 2 aromatic rings. The van der Waals surface area contributed by atoms with Crippen LogP contribution in [0, 0.1) is 6.92 Å². The summed E-state index contributed by atoms with van der Waals surface area (Å²) >= 11 is 0. The molecule has 0 aliphatic carbocycles. The van der Waals surface area contributed by atoms with Crippen LogP contribution in [0.4, 0.5) is 5.69 Å². The van der Waals surface area contributed by atoms with Gasteiger partial charge in [0.25, 0.3) is 0 Å². The third-order valence-electron chi connectivity index (χ3n) is 2.80. The molecular formula is C14H19N3O. The summed E-state index contributed by atoms with van der Waals surface area (Å²) in [5.41, 5.74) is 4.53. The molecule has 0 bridgehead atoms. The number of methoxy groups -OCH3 is 1. The van der Waals surface area contributed by atoms with Gasteiger partial charge in [0.1, 0.15) is 0 Å². The summed E-state index contributed by atoms with van der Waals surface area (Å²) < 4.78 is 6.95. The van der Waals surface area contributed by atoms with E-state index in [4.69, 9.17) is 4.74 Å². The Labute approximate surface area is 108 Å². The molecule has 18 heavy (non-hydrogen) atoms. The molecule has 1 heterocycles. The standard InChI is InChI=1S/C14H19N3O/c1-11-14(9-17(2)16-11)15-8-12-5-4-6-13(7-12)10-18-3/h4-7,9,15H,8,10H2,1-3H3. The maximum absolute atomic E-state index is 5.13. The highest BCUT2D eigenvalue weighted by atomic mass is 16.5. The Kier molecular flexibility index (Phi) is 3.99. The van der Waals surface area contributed by atoms with Crippen LogP contribution in [-0.2, 0) is 24.9 Å². The highest BCUT2D eigenvalue weighted by molar-refractivity contribution is 5.46. The van der Waals surface area contributed by atoms with Gasteiger partial charge in [-0.2, -0.15) is 5.10 Å². The van der Waals surface area contributed by atoms with Gasteiger partial charge in [0.05, 0.1) is 18.0 Å². The Bertz CT molecular complexity index is 520. The summed E-state index contributed by atoms with van der Waals surface area (Å²) in [6, 6.07) is 8.39. The van der Waals surface area contributed by atoms with E-state index < -0.39 is 0 Å². The Hall–Kier alpha value is -1.81. The van der Waals surface area contributed by atoms with Gasteiger partial charge in [-0.25, -0.2) is 0 Å². The molecule has 96 valence electrons. The molecule has 0 radical (unpaired) electrons. The minimum Gasteiger partial charge on any atom is -0.380 e. The van der Waals surface area contributed by atoms with E-state index in [1.165, 1.54) is 11.1 Å². The normalized spacial score (nSPS) is 10.6. The van der Waals surface area contributed by atoms with Crippen molar-refractivity contribution in [3.63, 3.8) is 0 Å². The van der Waals surface area contributed by atoms with E-state index in [0.717, 1.165) is 17.9 Å². The molecule has 0 amide bonds. The second-order valence-electron chi connectivity index (χ2n) is 4.41. The summed E-state index contributed by atoms with van der Waals surface area (Å²) in [4.78, 5) is 0. The van der Waals surface area contributed by atoms with Crippen molar-refractivity contribution in [3.8, 4) is 0 Å². The smallest absolute Gasteiger partial charge is 0.0825 e. The van der Waals surface area contributed by atoms with E-state index in [1.807, 2.05) is 24.9 Å². The zero-order chi connectivity index (χ0) is 13.0. The van der Waals surface area contributed by atoms with E-state index in [0.29, 0.717) is 6.61 Å². The van der Waals surface area contributed by atoms with Crippen LogP contribution in [0.2, 0.25) is 0 Å². The van der Waals surface area contributed by atoms with E-state index >= 15 is 0 Å². The number of nitrogens with zero attached hydrogens (tertiary/aromatic N) is 2. The highest BCUT2D eigenvalue weighted by Gasteiger charge is 2.02. The lowest BCUT2D eigenvalue weighted by atomic mass is 10.1. The van der Waals surface area contributed by atoms with Crippen molar-refractivity contribution >= 4 is 5.69 Å². The van der Waals surface area contributed by atoms with Crippen molar-refractivity contribution in [2.45, 2.75) is 20.1 Å². The molecule has 1 aromatic heterocycles. The van der Waals surface area contributed by atoms with Crippen molar-refractivity contribution in [2.75, 3.05) is 12.4 Å². The maximum Gasteiger partial charge on any atom is 0.0825 e. The zero-order valence-electron chi connectivity index (χ0n) is 11.1. The Morgan fingerprint density at radius 2 is 2.11 bits per heavy atom. The Balaban J connectivity index is 2.01. The third kappa shape index (κ3) is 3.11. The first-order valence-electron chi connectivity index (χ1n) is 6.00. The zero-order valence-corrected chi connectivity index (χ0v) is 11.1. The molecule has 1 N–H and O–H groups in total. The van der Waals surface area contributed by atoms with Crippen molar-refractivity contribution in [3.05, 3.63) is 47.3 Å². The molecule has 0 aliphatic heterocycles. The van der Waals surface area contributed by atoms with Crippen LogP contribution in [0.15, 0.2) is 30.5 Å². The van der Waals surface area contributed by atoms with Gasteiger partial charge in [-0.1, -0.05) is 24.3 Å². The lowest BCUT2D eigenvalue weighted by molar-refractivity contribution is 0.185. The van der Waals surface area contributed by atoms with Crippen LogP contribution in [0.25, 0.3) is 0 Å². The van der Waals surface area contributed by atoms with Gasteiger partial charge in [-0.15, -0.1) is 0 Å². The molecule has 0 atom stereocenters. The average Bonchev–Trinajstić information content (AvgIpc) is 2.66. The van der Waals surface area contributed by atoms with E-state index in [2.05, 4.69) is 34.7 Å². The van der Waals surface area contributed by atoms with Crippen LogP contribution in [-0.4, -0.2) is 16.9 Å². The molecule has 0 saturated heterocycles. The van der Waals surface area contributed by atoms with E-state index in [9.17, 15) is 0 Å². The summed E-state index contributed by atoms with van der Waals surface area (Å²) in [6.07, 6.45) is 1.99. The fourth-order valence-corrected chi connectivity index (χ4v) is 1.97. The number of benzene rings is 1. The fourth-order valence-electron chi connectivity index (χ4n) is 1.97. The molecule has 2 rings (SSSR count).